The van der Waals surface area contributed by atoms with Crippen LogP contribution in [0.3, 0.4) is 0 Å². The maximum atomic E-state index is 11.6. The van der Waals surface area contributed by atoms with Gasteiger partial charge in [0.25, 0.3) is 0 Å². The van der Waals surface area contributed by atoms with Gasteiger partial charge in [-0.15, -0.1) is 0 Å². The lowest BCUT2D eigenvalue weighted by Gasteiger charge is -2.24. The molecule has 20 heavy (non-hydrogen) atoms. The molecule has 2 amide bonds. The number of carbonyl (C=O) groups is 2. The number of alkyl carbamates (subject to hydrolysis) is 1. The molecular weight excluding hydrogens is 258 g/mol. The first-order valence-corrected chi connectivity index (χ1v) is 7.04. The lowest BCUT2D eigenvalue weighted by Crippen LogP contribution is -2.41. The van der Waals surface area contributed by atoms with Gasteiger partial charge < -0.3 is 20.7 Å². The third kappa shape index (κ3) is 9.61. The lowest BCUT2D eigenvalue weighted by molar-refractivity contribution is -0.119. The highest BCUT2D eigenvalue weighted by Crippen LogP contribution is 2.10. The maximum absolute atomic E-state index is 11.6. The second kappa shape index (κ2) is 8.79. The summed E-state index contributed by atoms with van der Waals surface area (Å²) in [6, 6.07) is 0. The summed E-state index contributed by atoms with van der Waals surface area (Å²) < 4.78 is 5.19. The van der Waals surface area contributed by atoms with Crippen LogP contribution in [-0.4, -0.2) is 44.3 Å². The number of ether oxygens (including phenoxy) is 1. The Balaban J connectivity index is 4.09. The third-order valence-corrected chi connectivity index (χ3v) is 2.82. The molecule has 1 atom stereocenters. The summed E-state index contributed by atoms with van der Waals surface area (Å²) in [6.07, 6.45) is -0.408. The number of carbonyl (C=O) groups excluding carboxylic acids is 2. The lowest BCUT2D eigenvalue weighted by atomic mass is 9.96. The zero-order valence-electron chi connectivity index (χ0n) is 13.5. The Morgan fingerprint density at radius 2 is 1.75 bits per heavy atom. The minimum atomic E-state index is -0.491. The molecule has 0 aromatic carbocycles. The van der Waals surface area contributed by atoms with E-state index in [0.717, 1.165) is 0 Å². The van der Waals surface area contributed by atoms with Gasteiger partial charge in [-0.1, -0.05) is 13.8 Å². The largest absolute Gasteiger partial charge is 0.444 e. The van der Waals surface area contributed by atoms with Gasteiger partial charge in [-0.25, -0.2) is 4.79 Å². The molecule has 0 spiro atoms. The Morgan fingerprint density at radius 1 is 1.15 bits per heavy atom. The van der Waals surface area contributed by atoms with Crippen molar-refractivity contribution in [3.63, 3.8) is 0 Å². The number of likely N-dealkylation sites (N-methyl/N-ethyl adjacent to an activating group) is 1. The van der Waals surface area contributed by atoms with Crippen LogP contribution in [0.15, 0.2) is 0 Å². The summed E-state index contributed by atoms with van der Waals surface area (Å²) in [5, 5.41) is 8.41. The molecular formula is C14H29N3O3. The Labute approximate surface area is 122 Å². The average molecular weight is 287 g/mol. The van der Waals surface area contributed by atoms with Gasteiger partial charge in [-0.05, 0) is 32.6 Å². The predicted octanol–water partition coefficient (Wildman–Crippen LogP) is 1.12. The highest BCUT2D eigenvalue weighted by molar-refractivity contribution is 5.77. The molecule has 0 saturated heterocycles. The highest BCUT2D eigenvalue weighted by Gasteiger charge is 2.19. The Morgan fingerprint density at radius 3 is 2.20 bits per heavy atom. The third-order valence-electron chi connectivity index (χ3n) is 2.82. The molecule has 1 unspecified atom stereocenters. The first-order chi connectivity index (χ1) is 9.15. The van der Waals surface area contributed by atoms with Gasteiger partial charge in [-0.3, -0.25) is 4.79 Å². The van der Waals surface area contributed by atoms with Crippen LogP contribution >= 0.6 is 0 Å². The van der Waals surface area contributed by atoms with Crippen molar-refractivity contribution in [2.45, 2.75) is 40.2 Å². The van der Waals surface area contributed by atoms with E-state index in [2.05, 4.69) is 29.8 Å². The molecule has 0 heterocycles. The molecule has 0 aromatic heterocycles. The Kier molecular flexibility index (Phi) is 8.22. The second-order valence-corrected chi connectivity index (χ2v) is 6.19. The SMILES string of the molecule is CNC(=O)CNCC(CNC(=O)OC(C)(C)C)C(C)C. The summed E-state index contributed by atoms with van der Waals surface area (Å²) in [4.78, 5) is 22.7. The van der Waals surface area contributed by atoms with E-state index in [1.807, 2.05) is 20.8 Å². The van der Waals surface area contributed by atoms with Crippen molar-refractivity contribution in [3.05, 3.63) is 0 Å². The van der Waals surface area contributed by atoms with E-state index in [1.54, 1.807) is 7.05 Å². The predicted molar refractivity (Wildman–Crippen MR) is 79.5 cm³/mol. The number of amides is 2. The van der Waals surface area contributed by atoms with Crippen LogP contribution in [-0.2, 0) is 9.53 Å². The minimum absolute atomic E-state index is 0.0485. The molecule has 0 aliphatic heterocycles. The van der Waals surface area contributed by atoms with E-state index in [9.17, 15) is 9.59 Å². The zero-order valence-corrected chi connectivity index (χ0v) is 13.5. The van der Waals surface area contributed by atoms with Crippen LogP contribution in [0.4, 0.5) is 4.79 Å². The van der Waals surface area contributed by atoms with Crippen molar-refractivity contribution in [2.24, 2.45) is 11.8 Å². The molecule has 6 nitrogen and oxygen atoms in total. The number of nitrogens with one attached hydrogen (secondary N) is 3. The van der Waals surface area contributed by atoms with Crippen LogP contribution < -0.4 is 16.0 Å². The molecule has 0 aliphatic rings. The van der Waals surface area contributed by atoms with Crippen LogP contribution in [0.5, 0.6) is 0 Å². The van der Waals surface area contributed by atoms with Gasteiger partial charge in [0, 0.05) is 20.1 Å². The molecule has 0 bridgehead atoms. The van der Waals surface area contributed by atoms with Gasteiger partial charge in [0.1, 0.15) is 5.60 Å². The van der Waals surface area contributed by atoms with Crippen LogP contribution in [0.25, 0.3) is 0 Å². The van der Waals surface area contributed by atoms with E-state index in [1.165, 1.54) is 0 Å². The second-order valence-electron chi connectivity index (χ2n) is 6.19. The normalized spacial score (nSPS) is 12.9. The van der Waals surface area contributed by atoms with E-state index in [4.69, 9.17) is 4.74 Å². The molecule has 118 valence electrons. The monoisotopic (exact) mass is 287 g/mol. The fourth-order valence-corrected chi connectivity index (χ4v) is 1.53. The van der Waals surface area contributed by atoms with Crippen LogP contribution in [0.1, 0.15) is 34.6 Å². The quantitative estimate of drug-likeness (QED) is 0.655. The molecule has 3 N–H and O–H groups in total. The first kappa shape index (κ1) is 18.7. The van der Waals surface area contributed by atoms with E-state index < -0.39 is 11.7 Å². The number of hydrogen-bond acceptors (Lipinski definition) is 4. The average Bonchev–Trinajstić information content (AvgIpc) is 2.30. The summed E-state index contributed by atoms with van der Waals surface area (Å²) >= 11 is 0. The topological polar surface area (TPSA) is 79.5 Å². The molecule has 6 heteroatoms. The van der Waals surface area contributed by atoms with Crippen molar-refractivity contribution < 1.29 is 14.3 Å². The molecule has 0 fully saturated rings. The van der Waals surface area contributed by atoms with Crippen molar-refractivity contribution >= 4 is 12.0 Å². The first-order valence-electron chi connectivity index (χ1n) is 7.04. The smallest absolute Gasteiger partial charge is 0.407 e. The summed E-state index contributed by atoms with van der Waals surface area (Å²) in [5.41, 5.74) is -0.491. The van der Waals surface area contributed by atoms with Crippen LogP contribution in [0, 0.1) is 11.8 Å². The fraction of sp³-hybridized carbons (Fsp3) is 0.857. The highest BCUT2D eigenvalue weighted by atomic mass is 16.6. The Hall–Kier alpha value is -1.30. The summed E-state index contributed by atoms with van der Waals surface area (Å²) in [5.74, 6) is 0.585. The van der Waals surface area contributed by atoms with Gasteiger partial charge in [-0.2, -0.15) is 0 Å². The minimum Gasteiger partial charge on any atom is -0.444 e. The molecule has 0 aromatic rings. The van der Waals surface area contributed by atoms with Crippen molar-refractivity contribution in [2.75, 3.05) is 26.7 Å². The van der Waals surface area contributed by atoms with Crippen molar-refractivity contribution in [3.8, 4) is 0 Å². The van der Waals surface area contributed by atoms with Gasteiger partial charge in [0.05, 0.1) is 6.54 Å². The standard InChI is InChI=1S/C14H29N3O3/c1-10(2)11(7-16-9-12(18)15-6)8-17-13(19)20-14(3,4)5/h10-11,16H,7-9H2,1-6H3,(H,15,18)(H,17,19). The van der Waals surface area contributed by atoms with Crippen molar-refractivity contribution in [1.29, 1.82) is 0 Å². The molecule has 0 radical (unpaired) electrons. The van der Waals surface area contributed by atoms with E-state index in [0.29, 0.717) is 19.0 Å². The number of hydrogen-bond donors (Lipinski definition) is 3. The summed E-state index contributed by atoms with van der Waals surface area (Å²) in [7, 11) is 1.61. The van der Waals surface area contributed by atoms with E-state index in [-0.39, 0.29) is 18.4 Å². The fourth-order valence-electron chi connectivity index (χ4n) is 1.53. The van der Waals surface area contributed by atoms with Gasteiger partial charge in [0.15, 0.2) is 0 Å². The van der Waals surface area contributed by atoms with Crippen molar-refractivity contribution in [1.82, 2.24) is 16.0 Å². The van der Waals surface area contributed by atoms with Crippen LogP contribution in [0.2, 0.25) is 0 Å². The van der Waals surface area contributed by atoms with Gasteiger partial charge >= 0.3 is 6.09 Å². The molecule has 0 aliphatic carbocycles. The molecule has 0 saturated carbocycles. The maximum Gasteiger partial charge on any atom is 0.407 e. The summed E-state index contributed by atoms with van der Waals surface area (Å²) in [6.45, 7) is 11.1. The Bertz CT molecular complexity index is 311. The van der Waals surface area contributed by atoms with E-state index >= 15 is 0 Å². The van der Waals surface area contributed by atoms with Gasteiger partial charge in [0.2, 0.25) is 5.91 Å². The number of rotatable bonds is 7. The zero-order chi connectivity index (χ0) is 15.8. The molecule has 0 rings (SSSR count).